The zero-order valence-corrected chi connectivity index (χ0v) is 14.2. The zero-order chi connectivity index (χ0) is 17.2. The summed E-state index contributed by atoms with van der Waals surface area (Å²) < 4.78 is 30.0. The van der Waals surface area contributed by atoms with Crippen molar-refractivity contribution < 1.29 is 27.9 Å². The summed E-state index contributed by atoms with van der Waals surface area (Å²) in [5.74, 6) is -1.22. The van der Waals surface area contributed by atoms with Gasteiger partial charge in [-0.25, -0.2) is 22.3 Å². The number of hydrogen-bond donors (Lipinski definition) is 2. The lowest BCUT2D eigenvalue weighted by Crippen LogP contribution is -2.61. The highest BCUT2D eigenvalue weighted by Gasteiger charge is 2.45. The summed E-state index contributed by atoms with van der Waals surface area (Å²) in [6.45, 7) is 6.67. The molecule has 0 bridgehead atoms. The molecule has 1 heterocycles. The van der Waals surface area contributed by atoms with Crippen LogP contribution < -0.4 is 5.32 Å². The molecule has 0 unspecified atom stereocenters. The lowest BCUT2D eigenvalue weighted by atomic mass is 9.88. The number of piperidine rings is 1. The third-order valence-electron chi connectivity index (χ3n) is 3.48. The molecule has 0 aliphatic carbocycles. The van der Waals surface area contributed by atoms with Crippen LogP contribution in [0, 0.1) is 0 Å². The third kappa shape index (κ3) is 4.57. The fraction of sp³-hybridized carbons (Fsp3) is 0.846. The van der Waals surface area contributed by atoms with E-state index in [1.54, 1.807) is 20.8 Å². The maximum atomic E-state index is 11.8. The number of rotatable bonds is 4. The van der Waals surface area contributed by atoms with Gasteiger partial charge in [-0.3, -0.25) is 0 Å². The van der Waals surface area contributed by atoms with Gasteiger partial charge in [-0.1, -0.05) is 0 Å². The van der Waals surface area contributed by atoms with Gasteiger partial charge in [-0.05, 0) is 40.5 Å². The Morgan fingerprint density at radius 3 is 2.14 bits per heavy atom. The van der Waals surface area contributed by atoms with Gasteiger partial charge in [0.05, 0.1) is 5.75 Å². The predicted molar refractivity (Wildman–Crippen MR) is 80.0 cm³/mol. The Kier molecular flexibility index (Phi) is 5.45. The fourth-order valence-electron chi connectivity index (χ4n) is 2.22. The molecule has 0 aromatic heterocycles. The first kappa shape index (κ1) is 18.7. The van der Waals surface area contributed by atoms with E-state index in [9.17, 15) is 23.1 Å². The number of hydrogen-bond acceptors (Lipinski definition) is 5. The topological polar surface area (TPSA) is 113 Å². The smallest absolute Gasteiger partial charge is 0.408 e. The summed E-state index contributed by atoms with van der Waals surface area (Å²) in [6, 6.07) is 0. The van der Waals surface area contributed by atoms with Gasteiger partial charge in [0.25, 0.3) is 0 Å². The van der Waals surface area contributed by atoms with Gasteiger partial charge in [-0.15, -0.1) is 0 Å². The number of carbonyl (C=O) groups is 2. The van der Waals surface area contributed by atoms with Crippen LogP contribution in [0.4, 0.5) is 4.79 Å². The lowest BCUT2D eigenvalue weighted by molar-refractivity contribution is -0.146. The van der Waals surface area contributed by atoms with Crippen LogP contribution in [0.5, 0.6) is 0 Å². The van der Waals surface area contributed by atoms with E-state index >= 15 is 0 Å². The first-order chi connectivity index (χ1) is 9.92. The average molecular weight is 336 g/mol. The summed E-state index contributed by atoms with van der Waals surface area (Å²) in [5.41, 5.74) is -2.24. The number of nitrogens with zero attached hydrogens (tertiary/aromatic N) is 1. The highest BCUT2D eigenvalue weighted by molar-refractivity contribution is 7.89. The molecule has 1 saturated heterocycles. The van der Waals surface area contributed by atoms with Crippen molar-refractivity contribution in [3.8, 4) is 0 Å². The van der Waals surface area contributed by atoms with Crippen molar-refractivity contribution in [1.29, 1.82) is 0 Å². The van der Waals surface area contributed by atoms with Crippen molar-refractivity contribution in [2.75, 3.05) is 18.8 Å². The maximum absolute atomic E-state index is 11.8. The van der Waals surface area contributed by atoms with Crippen LogP contribution in [0.1, 0.15) is 40.5 Å². The first-order valence-corrected chi connectivity index (χ1v) is 8.75. The molecule has 1 fully saturated rings. The molecule has 0 spiro atoms. The van der Waals surface area contributed by atoms with Gasteiger partial charge in [0.1, 0.15) is 11.1 Å². The Morgan fingerprint density at radius 2 is 1.77 bits per heavy atom. The van der Waals surface area contributed by atoms with E-state index in [1.807, 2.05) is 0 Å². The SMILES string of the molecule is CCS(=O)(=O)N1CCC(NC(=O)OC(C)(C)C)(C(=O)O)CC1. The van der Waals surface area contributed by atoms with Crippen molar-refractivity contribution >= 4 is 22.1 Å². The molecule has 2 N–H and O–H groups in total. The van der Waals surface area contributed by atoms with E-state index in [4.69, 9.17) is 4.74 Å². The molecular weight excluding hydrogens is 312 g/mol. The van der Waals surface area contributed by atoms with Crippen LogP contribution in [-0.4, -0.2) is 59.9 Å². The van der Waals surface area contributed by atoms with Crippen LogP contribution in [0.15, 0.2) is 0 Å². The molecule has 0 aromatic carbocycles. The average Bonchev–Trinajstić information content (AvgIpc) is 2.36. The molecule has 1 aliphatic heterocycles. The molecule has 0 radical (unpaired) electrons. The number of sulfonamides is 1. The number of carboxylic acids is 1. The molecular formula is C13H24N2O6S. The largest absolute Gasteiger partial charge is 0.480 e. The standard InChI is InChI=1S/C13H24N2O6S/c1-5-22(19,20)15-8-6-13(7-9-15,10(16)17)14-11(18)21-12(2,3)4/h5-9H2,1-4H3,(H,14,18)(H,16,17). The molecule has 1 amide bonds. The lowest BCUT2D eigenvalue weighted by Gasteiger charge is -2.38. The summed E-state index contributed by atoms with van der Waals surface area (Å²) in [7, 11) is -3.36. The van der Waals surface area contributed by atoms with E-state index in [0.717, 1.165) is 0 Å². The monoisotopic (exact) mass is 336 g/mol. The van der Waals surface area contributed by atoms with Gasteiger partial charge < -0.3 is 15.2 Å². The van der Waals surface area contributed by atoms with Crippen molar-refractivity contribution in [1.82, 2.24) is 9.62 Å². The van der Waals surface area contributed by atoms with Crippen molar-refractivity contribution in [2.45, 2.75) is 51.7 Å². The third-order valence-corrected chi connectivity index (χ3v) is 5.37. The highest BCUT2D eigenvalue weighted by atomic mass is 32.2. The molecule has 1 aliphatic rings. The summed E-state index contributed by atoms with van der Waals surface area (Å²) in [5, 5.41) is 11.8. The first-order valence-electron chi connectivity index (χ1n) is 7.14. The van der Waals surface area contributed by atoms with Crippen LogP contribution in [0.25, 0.3) is 0 Å². The van der Waals surface area contributed by atoms with Crippen LogP contribution in [0.2, 0.25) is 0 Å². The Morgan fingerprint density at radius 1 is 1.27 bits per heavy atom. The number of ether oxygens (including phenoxy) is 1. The minimum absolute atomic E-state index is 0.000800. The van der Waals surface area contributed by atoms with Gasteiger partial charge in [0.15, 0.2) is 0 Å². The molecule has 0 saturated carbocycles. The van der Waals surface area contributed by atoms with Gasteiger partial charge in [-0.2, -0.15) is 0 Å². The van der Waals surface area contributed by atoms with Crippen molar-refractivity contribution in [3.63, 3.8) is 0 Å². The minimum Gasteiger partial charge on any atom is -0.480 e. The van der Waals surface area contributed by atoms with Crippen LogP contribution in [-0.2, 0) is 19.6 Å². The van der Waals surface area contributed by atoms with E-state index in [2.05, 4.69) is 5.32 Å². The van der Waals surface area contributed by atoms with Crippen LogP contribution in [0.3, 0.4) is 0 Å². The number of amides is 1. The van der Waals surface area contributed by atoms with Crippen molar-refractivity contribution in [3.05, 3.63) is 0 Å². The van der Waals surface area contributed by atoms with Gasteiger partial charge in [0.2, 0.25) is 10.0 Å². The second-order valence-corrected chi connectivity index (χ2v) is 8.57. The van der Waals surface area contributed by atoms with Crippen LogP contribution >= 0.6 is 0 Å². The fourth-order valence-corrected chi connectivity index (χ4v) is 3.32. The highest BCUT2D eigenvalue weighted by Crippen LogP contribution is 2.25. The van der Waals surface area contributed by atoms with E-state index in [1.165, 1.54) is 11.2 Å². The second kappa shape index (κ2) is 6.41. The second-order valence-electron chi connectivity index (χ2n) is 6.31. The van der Waals surface area contributed by atoms with E-state index in [0.29, 0.717) is 0 Å². The Labute approximate surface area is 130 Å². The normalized spacial score (nSPS) is 19.5. The molecule has 128 valence electrons. The molecule has 8 nitrogen and oxygen atoms in total. The molecule has 0 atom stereocenters. The minimum atomic E-state index is -3.36. The predicted octanol–water partition coefficient (Wildman–Crippen LogP) is 0.780. The maximum Gasteiger partial charge on any atom is 0.408 e. The molecule has 0 aromatic rings. The van der Waals surface area contributed by atoms with Gasteiger partial charge >= 0.3 is 12.1 Å². The van der Waals surface area contributed by atoms with Gasteiger partial charge in [0, 0.05) is 13.1 Å². The number of carboxylic acid groups (broad SMARTS) is 1. The Bertz CT molecular complexity index is 529. The van der Waals surface area contributed by atoms with Crippen molar-refractivity contribution in [2.24, 2.45) is 0 Å². The molecule has 1 rings (SSSR count). The quantitative estimate of drug-likeness (QED) is 0.784. The summed E-state index contributed by atoms with van der Waals surface area (Å²) >= 11 is 0. The van der Waals surface area contributed by atoms with E-state index < -0.39 is 33.2 Å². The molecule has 9 heteroatoms. The van der Waals surface area contributed by atoms with E-state index in [-0.39, 0.29) is 31.7 Å². The number of alkyl carbamates (subject to hydrolysis) is 1. The summed E-state index contributed by atoms with van der Waals surface area (Å²) in [4.78, 5) is 23.4. The number of nitrogens with one attached hydrogen (secondary N) is 1. The Balaban J connectivity index is 2.81. The molecule has 22 heavy (non-hydrogen) atoms. The summed E-state index contributed by atoms with van der Waals surface area (Å²) in [6.07, 6.45) is -0.816. The zero-order valence-electron chi connectivity index (χ0n) is 13.4. The number of aliphatic carboxylic acids is 1. The Hall–Kier alpha value is -1.35. The number of carbonyl (C=O) groups excluding carboxylic acids is 1.